The van der Waals surface area contributed by atoms with E-state index in [9.17, 15) is 14.7 Å². The number of rotatable bonds is 14. The minimum atomic E-state index is -0.408. The van der Waals surface area contributed by atoms with Crippen LogP contribution in [0.4, 0.5) is 0 Å². The second-order valence-corrected chi connectivity index (χ2v) is 7.15. The van der Waals surface area contributed by atoms with Crippen molar-refractivity contribution in [1.82, 2.24) is 0 Å². The summed E-state index contributed by atoms with van der Waals surface area (Å²) in [4.78, 5) is 23.4. The molecule has 0 aromatic heterocycles. The maximum atomic E-state index is 12.1. The van der Waals surface area contributed by atoms with Crippen molar-refractivity contribution in [2.75, 3.05) is 6.61 Å². The van der Waals surface area contributed by atoms with Gasteiger partial charge in [0.05, 0.1) is 12.7 Å². The van der Waals surface area contributed by atoms with Crippen LogP contribution in [0.3, 0.4) is 0 Å². The van der Waals surface area contributed by atoms with Gasteiger partial charge in [0.25, 0.3) is 0 Å². The van der Waals surface area contributed by atoms with Gasteiger partial charge in [0.2, 0.25) is 0 Å². The lowest BCUT2D eigenvalue weighted by Gasteiger charge is -2.15. The van der Waals surface area contributed by atoms with Crippen LogP contribution < -0.4 is 0 Å². The normalized spacial score (nSPS) is 20.8. The van der Waals surface area contributed by atoms with E-state index in [1.54, 1.807) is 6.08 Å². The summed E-state index contributed by atoms with van der Waals surface area (Å²) in [5.41, 5.74) is 0. The van der Waals surface area contributed by atoms with Gasteiger partial charge in [-0.15, -0.1) is 0 Å². The van der Waals surface area contributed by atoms with Crippen molar-refractivity contribution in [3.05, 3.63) is 24.3 Å². The molecular weight excluding hydrogens is 328 g/mol. The maximum absolute atomic E-state index is 12.1. The van der Waals surface area contributed by atoms with Crippen LogP contribution in [0.5, 0.6) is 0 Å². The molecule has 4 nitrogen and oxygen atoms in total. The molecule has 0 aromatic rings. The predicted molar refractivity (Wildman–Crippen MR) is 105 cm³/mol. The quantitative estimate of drug-likeness (QED) is 0.274. The molecule has 1 aliphatic rings. The summed E-state index contributed by atoms with van der Waals surface area (Å²) in [7, 11) is 0. The molecule has 0 radical (unpaired) electrons. The molecule has 0 heterocycles. The van der Waals surface area contributed by atoms with E-state index in [-0.39, 0.29) is 23.6 Å². The first kappa shape index (κ1) is 22.6. The molecule has 26 heavy (non-hydrogen) atoms. The van der Waals surface area contributed by atoms with Crippen molar-refractivity contribution in [3.8, 4) is 0 Å². The maximum Gasteiger partial charge on any atom is 0.305 e. The number of ether oxygens (including phenoxy) is 1. The summed E-state index contributed by atoms with van der Waals surface area (Å²) in [5, 5.41) is 10.0. The van der Waals surface area contributed by atoms with E-state index in [1.807, 2.05) is 25.2 Å². The highest BCUT2D eigenvalue weighted by Gasteiger charge is 2.27. The summed E-state index contributed by atoms with van der Waals surface area (Å²) in [6, 6.07) is 0. The zero-order valence-electron chi connectivity index (χ0n) is 16.5. The number of aliphatic hydroxyl groups is 1. The average Bonchev–Trinajstić information content (AvgIpc) is 2.96. The van der Waals surface area contributed by atoms with E-state index in [1.165, 1.54) is 0 Å². The molecule has 0 bridgehead atoms. The highest BCUT2D eigenvalue weighted by molar-refractivity contribution is 5.94. The molecule has 0 aliphatic heterocycles. The minimum absolute atomic E-state index is 0.0131. The third-order valence-electron chi connectivity index (χ3n) is 4.92. The molecule has 0 amide bonds. The molecule has 0 spiro atoms. The van der Waals surface area contributed by atoms with Crippen molar-refractivity contribution in [2.24, 2.45) is 11.8 Å². The minimum Gasteiger partial charge on any atom is -0.466 e. The molecule has 0 saturated carbocycles. The zero-order chi connectivity index (χ0) is 19.2. The van der Waals surface area contributed by atoms with Crippen molar-refractivity contribution >= 4 is 11.8 Å². The van der Waals surface area contributed by atoms with Crippen molar-refractivity contribution in [2.45, 2.75) is 84.2 Å². The number of allylic oxidation sites excluding steroid dienone is 3. The Kier molecular flexibility index (Phi) is 12.0. The second kappa shape index (κ2) is 13.7. The molecule has 1 aliphatic carbocycles. The fraction of sp³-hybridized carbons (Fsp3) is 0.727. The Morgan fingerprint density at radius 1 is 1.19 bits per heavy atom. The van der Waals surface area contributed by atoms with Crippen LogP contribution in [0, 0.1) is 11.8 Å². The van der Waals surface area contributed by atoms with Crippen LogP contribution in [0.15, 0.2) is 24.3 Å². The Hall–Kier alpha value is -1.42. The van der Waals surface area contributed by atoms with Crippen molar-refractivity contribution in [3.63, 3.8) is 0 Å². The van der Waals surface area contributed by atoms with Crippen LogP contribution in [0.25, 0.3) is 0 Å². The van der Waals surface area contributed by atoms with E-state index in [0.717, 1.165) is 57.8 Å². The van der Waals surface area contributed by atoms with Gasteiger partial charge >= 0.3 is 5.97 Å². The highest BCUT2D eigenvalue weighted by Crippen LogP contribution is 2.29. The molecule has 4 heteroatoms. The number of carbonyl (C=O) groups is 2. The Morgan fingerprint density at radius 3 is 2.69 bits per heavy atom. The fourth-order valence-corrected chi connectivity index (χ4v) is 3.36. The molecule has 148 valence electrons. The lowest BCUT2D eigenvalue weighted by Crippen LogP contribution is -2.15. The first-order valence-electron chi connectivity index (χ1n) is 10.3. The summed E-state index contributed by atoms with van der Waals surface area (Å²) in [5.74, 6) is 0.207. The Balaban J connectivity index is 2.25. The van der Waals surface area contributed by atoms with Crippen LogP contribution in [0.1, 0.15) is 78.1 Å². The first-order chi connectivity index (χ1) is 12.6. The number of hydrogen-bond donors (Lipinski definition) is 1. The van der Waals surface area contributed by atoms with Gasteiger partial charge in [0.1, 0.15) is 0 Å². The Morgan fingerprint density at radius 2 is 1.96 bits per heavy atom. The topological polar surface area (TPSA) is 63.6 Å². The molecule has 3 unspecified atom stereocenters. The monoisotopic (exact) mass is 364 g/mol. The lowest BCUT2D eigenvalue weighted by molar-refractivity contribution is -0.143. The van der Waals surface area contributed by atoms with Crippen LogP contribution in [-0.4, -0.2) is 29.6 Å². The van der Waals surface area contributed by atoms with Crippen LogP contribution in [0.2, 0.25) is 0 Å². The third kappa shape index (κ3) is 9.33. The zero-order valence-corrected chi connectivity index (χ0v) is 16.5. The third-order valence-corrected chi connectivity index (χ3v) is 4.92. The average molecular weight is 365 g/mol. The number of hydrogen-bond acceptors (Lipinski definition) is 4. The van der Waals surface area contributed by atoms with E-state index in [4.69, 9.17) is 4.74 Å². The van der Waals surface area contributed by atoms with Crippen LogP contribution in [-0.2, 0) is 14.3 Å². The number of esters is 1. The van der Waals surface area contributed by atoms with E-state index >= 15 is 0 Å². The number of carbonyl (C=O) groups excluding carboxylic acids is 2. The molecule has 0 saturated heterocycles. The van der Waals surface area contributed by atoms with E-state index in [0.29, 0.717) is 13.0 Å². The lowest BCUT2D eigenvalue weighted by atomic mass is 9.88. The van der Waals surface area contributed by atoms with Gasteiger partial charge in [-0.1, -0.05) is 63.7 Å². The highest BCUT2D eigenvalue weighted by atomic mass is 16.5. The van der Waals surface area contributed by atoms with Crippen LogP contribution >= 0.6 is 0 Å². The van der Waals surface area contributed by atoms with Crippen molar-refractivity contribution < 1.29 is 19.4 Å². The summed E-state index contributed by atoms with van der Waals surface area (Å²) >= 11 is 0. The summed E-state index contributed by atoms with van der Waals surface area (Å²) in [6.45, 7) is 4.41. The smallest absolute Gasteiger partial charge is 0.305 e. The van der Waals surface area contributed by atoms with Gasteiger partial charge in [-0.25, -0.2) is 0 Å². The largest absolute Gasteiger partial charge is 0.466 e. The molecule has 0 aromatic carbocycles. The number of aliphatic hydroxyl groups excluding tert-OH is 1. The number of unbranched alkanes of at least 4 members (excludes halogenated alkanes) is 5. The van der Waals surface area contributed by atoms with E-state index < -0.39 is 6.10 Å². The molecular formula is C22H36O4. The fourth-order valence-electron chi connectivity index (χ4n) is 3.36. The van der Waals surface area contributed by atoms with Gasteiger partial charge < -0.3 is 9.84 Å². The molecule has 0 fully saturated rings. The SMILES string of the molecule is CCCCCC(O)C=CC1C=CC(=O)C1CCCCCCC(=O)OCC. The Labute approximate surface area is 158 Å². The van der Waals surface area contributed by atoms with Gasteiger partial charge in [-0.05, 0) is 32.3 Å². The van der Waals surface area contributed by atoms with Crippen molar-refractivity contribution in [1.29, 1.82) is 0 Å². The first-order valence-corrected chi connectivity index (χ1v) is 10.3. The molecule has 3 atom stereocenters. The van der Waals surface area contributed by atoms with Gasteiger partial charge in [0, 0.05) is 18.3 Å². The summed E-state index contributed by atoms with van der Waals surface area (Å²) < 4.78 is 4.91. The Bertz CT molecular complexity index is 467. The molecule has 1 rings (SSSR count). The van der Waals surface area contributed by atoms with Gasteiger partial charge in [-0.2, -0.15) is 0 Å². The predicted octanol–water partition coefficient (Wildman–Crippen LogP) is 4.76. The van der Waals surface area contributed by atoms with Gasteiger partial charge in [-0.3, -0.25) is 9.59 Å². The molecule has 1 N–H and O–H groups in total. The summed E-state index contributed by atoms with van der Waals surface area (Å²) in [6.07, 6.45) is 16.4. The van der Waals surface area contributed by atoms with E-state index in [2.05, 4.69) is 6.92 Å². The van der Waals surface area contributed by atoms with Gasteiger partial charge in [0.15, 0.2) is 5.78 Å². The number of ketones is 1. The standard InChI is InChI=1S/C22H36O4/c1-3-5-8-11-19(23)16-14-18-15-17-21(24)20(18)12-9-6-7-10-13-22(25)26-4-2/h14-20,23H,3-13H2,1-2H3. The second-order valence-electron chi connectivity index (χ2n) is 7.15.